The molecule has 2 saturated carbocycles. The first-order valence-electron chi connectivity index (χ1n) is 21.5. The van der Waals surface area contributed by atoms with Crippen LogP contribution in [0.4, 0.5) is 11.4 Å². The van der Waals surface area contributed by atoms with E-state index in [1.54, 1.807) is 18.2 Å². The third kappa shape index (κ3) is 13.6. The van der Waals surface area contributed by atoms with Crippen LogP contribution in [-0.2, 0) is 9.59 Å². The number of aliphatic hydroxyl groups excluding tert-OH is 2. The number of nitrogen functional groups attached to an aromatic ring is 2. The Labute approximate surface area is 340 Å². The molecule has 0 bridgehead atoms. The van der Waals surface area contributed by atoms with Gasteiger partial charge in [0.1, 0.15) is 23.7 Å². The molecule has 8 nitrogen and oxygen atoms in total. The fourth-order valence-corrected chi connectivity index (χ4v) is 8.46. The molecule has 0 spiro atoms. The number of carbonyl (C=O) groups excluding carboxylic acids is 2. The predicted molar refractivity (Wildman–Crippen MR) is 232 cm³/mol. The molecule has 2 aliphatic carbocycles. The van der Waals surface area contributed by atoms with Crippen LogP contribution >= 0.6 is 0 Å². The van der Waals surface area contributed by atoms with Crippen LogP contribution in [0.2, 0.25) is 0 Å². The molecule has 2 atom stereocenters. The number of rotatable bonds is 21. The molecule has 2 unspecified atom stereocenters. The van der Waals surface area contributed by atoms with Crippen molar-refractivity contribution < 1.29 is 29.3 Å². The second-order valence-corrected chi connectivity index (χ2v) is 16.6. The van der Waals surface area contributed by atoms with Crippen molar-refractivity contribution in [1.82, 2.24) is 0 Å². The van der Waals surface area contributed by atoms with Gasteiger partial charge in [-0.05, 0) is 115 Å². The van der Waals surface area contributed by atoms with Gasteiger partial charge in [-0.1, -0.05) is 121 Å². The Hall–Kier alpha value is -4.40. The normalized spacial score (nSPS) is 21.6. The molecule has 2 aliphatic rings. The van der Waals surface area contributed by atoms with Crippen LogP contribution in [0, 0.1) is 23.7 Å². The van der Waals surface area contributed by atoms with Crippen molar-refractivity contribution >= 4 is 35.1 Å². The van der Waals surface area contributed by atoms with Crippen LogP contribution in [-0.4, -0.2) is 47.2 Å². The number of hydrogen-bond acceptors (Lipinski definition) is 8. The molecule has 0 aliphatic heterocycles. The first kappa shape index (κ1) is 43.7. The Kier molecular flexibility index (Phi) is 17.3. The van der Waals surface area contributed by atoms with E-state index in [1.807, 2.05) is 48.5 Å². The van der Waals surface area contributed by atoms with Crippen LogP contribution in [0.3, 0.4) is 0 Å². The van der Waals surface area contributed by atoms with Gasteiger partial charge in [0.25, 0.3) is 0 Å². The average Bonchev–Trinajstić information content (AvgIpc) is 3.23. The van der Waals surface area contributed by atoms with E-state index in [2.05, 4.69) is 13.8 Å². The van der Waals surface area contributed by atoms with Crippen molar-refractivity contribution in [2.75, 3.05) is 24.7 Å². The van der Waals surface area contributed by atoms with E-state index in [1.165, 1.54) is 114 Å². The molecule has 3 aromatic rings. The monoisotopic (exact) mass is 778 g/mol. The second-order valence-electron chi connectivity index (χ2n) is 16.6. The third-order valence-corrected chi connectivity index (χ3v) is 12.2. The smallest absolute Gasteiger partial charge is 0.184 e. The van der Waals surface area contributed by atoms with Crippen LogP contribution in [0.25, 0.3) is 12.2 Å². The summed E-state index contributed by atoms with van der Waals surface area (Å²) < 4.78 is 12.2. The Morgan fingerprint density at radius 2 is 1.04 bits per heavy atom. The van der Waals surface area contributed by atoms with Gasteiger partial charge in [0.15, 0.2) is 11.6 Å². The standard InChI is InChI=1S/C49H66N2O6/c1-3-5-7-34-9-13-38(14-10-34)32-56-41-24-17-36(18-25-41)21-29-45(52)48(54)47(43-28-23-40(50)31-44(43)51)49(55)46(53)30-22-37-19-26-42(27-20-37)57-33-39-15-11-35(12-16-39)8-6-4-2/h17-31,34-35,38-39,47-49,54-55H,3-16,32-33,50-51H2,1-2H3/b29-21+,30-22+. The van der Waals surface area contributed by atoms with Gasteiger partial charge in [0.2, 0.25) is 0 Å². The summed E-state index contributed by atoms with van der Waals surface area (Å²) in [5, 5.41) is 22.7. The van der Waals surface area contributed by atoms with E-state index in [-0.39, 0.29) is 11.3 Å². The number of aliphatic hydroxyl groups is 2. The van der Waals surface area contributed by atoms with Gasteiger partial charge in [0, 0.05) is 11.4 Å². The van der Waals surface area contributed by atoms with Crippen molar-refractivity contribution in [2.24, 2.45) is 23.7 Å². The Morgan fingerprint density at radius 3 is 1.42 bits per heavy atom. The molecule has 3 aromatic carbocycles. The van der Waals surface area contributed by atoms with Crippen molar-refractivity contribution in [3.8, 4) is 11.5 Å². The number of hydrogen-bond donors (Lipinski definition) is 4. The lowest BCUT2D eigenvalue weighted by Gasteiger charge is -2.28. The van der Waals surface area contributed by atoms with Gasteiger partial charge in [-0.2, -0.15) is 0 Å². The summed E-state index contributed by atoms with van der Waals surface area (Å²) in [5.74, 6) is 1.73. The quantitative estimate of drug-likeness (QED) is 0.0618. The van der Waals surface area contributed by atoms with Crippen molar-refractivity contribution in [1.29, 1.82) is 0 Å². The summed E-state index contributed by atoms with van der Waals surface area (Å²) in [6.07, 6.45) is 20.0. The van der Waals surface area contributed by atoms with Gasteiger partial charge in [0.05, 0.1) is 19.1 Å². The number of unbranched alkanes of at least 4 members (excludes halogenated alkanes) is 2. The van der Waals surface area contributed by atoms with Gasteiger partial charge < -0.3 is 31.2 Å². The fraction of sp³-hybridized carbons (Fsp3) is 0.510. The summed E-state index contributed by atoms with van der Waals surface area (Å²) in [7, 11) is 0. The third-order valence-electron chi connectivity index (χ3n) is 12.2. The highest BCUT2D eigenvalue weighted by Gasteiger charge is 2.36. The molecule has 0 heterocycles. The lowest BCUT2D eigenvalue weighted by molar-refractivity contribution is -0.130. The Bertz CT molecular complexity index is 1630. The summed E-state index contributed by atoms with van der Waals surface area (Å²) in [5.41, 5.74) is 14.4. The van der Waals surface area contributed by atoms with Crippen LogP contribution in [0.15, 0.2) is 78.9 Å². The predicted octanol–water partition coefficient (Wildman–Crippen LogP) is 9.97. The Balaban J connectivity index is 1.15. The number of benzene rings is 3. The molecule has 2 fully saturated rings. The molecule has 6 N–H and O–H groups in total. The van der Waals surface area contributed by atoms with Gasteiger partial charge in [-0.15, -0.1) is 0 Å². The fourth-order valence-electron chi connectivity index (χ4n) is 8.46. The molecular weight excluding hydrogens is 713 g/mol. The molecule has 5 rings (SSSR count). The lowest BCUT2D eigenvalue weighted by atomic mass is 9.80. The van der Waals surface area contributed by atoms with E-state index in [0.29, 0.717) is 30.7 Å². The van der Waals surface area contributed by atoms with Gasteiger partial charge >= 0.3 is 0 Å². The summed E-state index contributed by atoms with van der Waals surface area (Å²) in [4.78, 5) is 26.8. The molecule has 0 saturated heterocycles. The zero-order valence-corrected chi connectivity index (χ0v) is 34.2. The van der Waals surface area contributed by atoms with E-state index >= 15 is 0 Å². The maximum Gasteiger partial charge on any atom is 0.184 e. The van der Waals surface area contributed by atoms with Crippen molar-refractivity contribution in [2.45, 2.75) is 122 Å². The lowest BCUT2D eigenvalue weighted by Crippen LogP contribution is -2.39. The number of anilines is 2. The van der Waals surface area contributed by atoms with Crippen LogP contribution in [0.1, 0.15) is 126 Å². The highest BCUT2D eigenvalue weighted by Crippen LogP contribution is 2.35. The number of ether oxygens (including phenoxy) is 2. The van der Waals surface area contributed by atoms with Gasteiger partial charge in [-0.25, -0.2) is 0 Å². The van der Waals surface area contributed by atoms with Crippen LogP contribution < -0.4 is 20.9 Å². The van der Waals surface area contributed by atoms with Gasteiger partial charge in [-0.3, -0.25) is 9.59 Å². The molecule has 0 radical (unpaired) electrons. The number of ketones is 2. The Morgan fingerprint density at radius 1 is 0.632 bits per heavy atom. The highest BCUT2D eigenvalue weighted by molar-refractivity contribution is 6.01. The largest absolute Gasteiger partial charge is 0.493 e. The van der Waals surface area contributed by atoms with Crippen LogP contribution in [0.5, 0.6) is 11.5 Å². The SMILES string of the molecule is CCCCC1CCC(COc2ccc(/C=C/C(=O)C(O)C(c3ccc(N)cc3N)C(O)C(=O)/C=C/c3ccc(OCC4CCC(CCCC)CC4)cc3)cc2)CC1. The maximum atomic E-state index is 13.4. The molecule has 0 amide bonds. The maximum absolute atomic E-state index is 13.4. The highest BCUT2D eigenvalue weighted by atomic mass is 16.5. The minimum Gasteiger partial charge on any atom is -0.493 e. The number of nitrogens with two attached hydrogens (primary N) is 2. The van der Waals surface area contributed by atoms with E-state index < -0.39 is 29.7 Å². The molecule has 308 valence electrons. The first-order chi connectivity index (χ1) is 27.6. The second kappa shape index (κ2) is 22.5. The van der Waals surface area contributed by atoms with Crippen molar-refractivity contribution in [3.05, 3.63) is 95.6 Å². The topological polar surface area (TPSA) is 145 Å². The average molecular weight is 779 g/mol. The zero-order valence-electron chi connectivity index (χ0n) is 34.2. The van der Waals surface area contributed by atoms with E-state index in [9.17, 15) is 19.8 Å². The molecular formula is C49H66N2O6. The molecule has 57 heavy (non-hydrogen) atoms. The minimum atomic E-state index is -1.76. The summed E-state index contributed by atoms with van der Waals surface area (Å²) in [6.45, 7) is 5.91. The first-order valence-corrected chi connectivity index (χ1v) is 21.5. The molecule has 0 aromatic heterocycles. The number of carbonyl (C=O) groups is 2. The van der Waals surface area contributed by atoms with Crippen molar-refractivity contribution in [3.63, 3.8) is 0 Å². The summed E-state index contributed by atoms with van der Waals surface area (Å²) in [6, 6.07) is 19.5. The van der Waals surface area contributed by atoms with E-state index in [4.69, 9.17) is 20.9 Å². The van der Waals surface area contributed by atoms with E-state index in [0.717, 1.165) is 34.5 Å². The zero-order chi connectivity index (χ0) is 40.6. The minimum absolute atomic E-state index is 0.159. The summed E-state index contributed by atoms with van der Waals surface area (Å²) >= 11 is 0. The molecule has 8 heteroatoms.